The third-order valence-corrected chi connectivity index (χ3v) is 5.21. The fourth-order valence-corrected chi connectivity index (χ4v) is 3.64. The molecule has 32 heavy (non-hydrogen) atoms. The molecule has 8 nitrogen and oxygen atoms in total. The van der Waals surface area contributed by atoms with Crippen molar-refractivity contribution in [1.29, 1.82) is 0 Å². The molecule has 0 saturated carbocycles. The first-order valence-corrected chi connectivity index (χ1v) is 9.92. The van der Waals surface area contributed by atoms with Gasteiger partial charge in [-0.25, -0.2) is 9.98 Å². The van der Waals surface area contributed by atoms with Gasteiger partial charge in [0.2, 0.25) is 0 Å². The number of imidazole rings is 1. The molecular weight excluding hydrogens is 408 g/mol. The molecule has 0 radical (unpaired) electrons. The van der Waals surface area contributed by atoms with Gasteiger partial charge in [0.05, 0.1) is 17.4 Å². The van der Waals surface area contributed by atoms with Crippen molar-refractivity contribution in [2.75, 3.05) is 0 Å². The number of pyridine rings is 1. The molecule has 0 saturated heterocycles. The second-order valence-electron chi connectivity index (χ2n) is 7.36. The number of benzene rings is 1. The van der Waals surface area contributed by atoms with Crippen LogP contribution < -0.4 is 0 Å². The Kier molecular flexibility index (Phi) is 4.67. The number of hydrogen-bond acceptors (Lipinski definition) is 6. The van der Waals surface area contributed by atoms with Crippen LogP contribution in [0.25, 0.3) is 28.4 Å². The summed E-state index contributed by atoms with van der Waals surface area (Å²) in [5.74, 6) is 2.41. The molecule has 8 heteroatoms. The lowest BCUT2D eigenvalue weighted by Gasteiger charge is -2.05. The zero-order valence-corrected chi connectivity index (χ0v) is 17.4. The number of aryl methyl sites for hydroxylation is 2. The fourth-order valence-electron chi connectivity index (χ4n) is 3.64. The van der Waals surface area contributed by atoms with E-state index in [1.165, 1.54) is 0 Å². The number of nitrogens with zero attached hydrogens (tertiary/aromatic N) is 4. The summed E-state index contributed by atoms with van der Waals surface area (Å²) in [5.41, 5.74) is 3.63. The number of fused-ring (bicyclic) bond motifs is 1. The highest BCUT2D eigenvalue weighted by Crippen LogP contribution is 2.33. The maximum Gasteiger partial charge on any atom is 0.272 e. The van der Waals surface area contributed by atoms with Crippen LogP contribution in [-0.2, 0) is 0 Å². The summed E-state index contributed by atoms with van der Waals surface area (Å²) in [6, 6.07) is 16.3. The van der Waals surface area contributed by atoms with Crippen LogP contribution in [0.2, 0.25) is 0 Å². The largest absolute Gasteiger partial charge is 0.463 e. The zero-order chi connectivity index (χ0) is 22.2. The Balaban J connectivity index is 1.52. The Morgan fingerprint density at radius 2 is 1.94 bits per heavy atom. The van der Waals surface area contributed by atoms with E-state index in [0.29, 0.717) is 34.4 Å². The van der Waals surface area contributed by atoms with Gasteiger partial charge in [0.1, 0.15) is 17.2 Å². The highest BCUT2D eigenvalue weighted by atomic mass is 16.6. The number of nitro groups is 1. The molecule has 4 aromatic heterocycles. The van der Waals surface area contributed by atoms with Gasteiger partial charge in [-0.05, 0) is 61.9 Å². The standard InChI is InChI=1S/C24H18N4O4/c1-15-13-19(28(29)30)16(2)12-18(15)20-9-8-17(32-20)14-25-24-23(21-6-5-11-31-21)26-22-7-3-4-10-27(22)24/h3-14H,1-2H3/b25-14+. The summed E-state index contributed by atoms with van der Waals surface area (Å²) < 4.78 is 13.4. The number of hydrogen-bond donors (Lipinski definition) is 0. The molecule has 0 amide bonds. The van der Waals surface area contributed by atoms with E-state index >= 15 is 0 Å². The second-order valence-corrected chi connectivity index (χ2v) is 7.36. The van der Waals surface area contributed by atoms with E-state index in [9.17, 15) is 10.1 Å². The van der Waals surface area contributed by atoms with E-state index in [4.69, 9.17) is 8.83 Å². The predicted octanol–water partition coefficient (Wildman–Crippen LogP) is 6.13. The van der Waals surface area contributed by atoms with Crippen molar-refractivity contribution in [1.82, 2.24) is 9.38 Å². The van der Waals surface area contributed by atoms with Crippen LogP contribution in [0.4, 0.5) is 11.5 Å². The van der Waals surface area contributed by atoms with Crippen LogP contribution >= 0.6 is 0 Å². The van der Waals surface area contributed by atoms with Crippen LogP contribution in [0.15, 0.2) is 80.9 Å². The molecule has 0 atom stereocenters. The maximum atomic E-state index is 11.2. The summed E-state index contributed by atoms with van der Waals surface area (Å²) >= 11 is 0. The Hall–Kier alpha value is -4.46. The molecule has 1 aromatic carbocycles. The molecule has 0 aliphatic heterocycles. The number of aliphatic imine (C=N–C) groups is 1. The van der Waals surface area contributed by atoms with Gasteiger partial charge in [-0.1, -0.05) is 6.07 Å². The van der Waals surface area contributed by atoms with Crippen LogP contribution in [0, 0.1) is 24.0 Å². The van der Waals surface area contributed by atoms with Gasteiger partial charge in [-0.15, -0.1) is 0 Å². The minimum Gasteiger partial charge on any atom is -0.463 e. The highest BCUT2D eigenvalue weighted by Gasteiger charge is 2.17. The van der Waals surface area contributed by atoms with Gasteiger partial charge < -0.3 is 8.83 Å². The van der Waals surface area contributed by atoms with E-state index in [1.807, 2.05) is 53.9 Å². The molecule has 5 aromatic rings. The minimum absolute atomic E-state index is 0.0951. The van der Waals surface area contributed by atoms with E-state index in [1.54, 1.807) is 37.6 Å². The third kappa shape index (κ3) is 3.37. The van der Waals surface area contributed by atoms with Crippen molar-refractivity contribution >= 4 is 23.4 Å². The Morgan fingerprint density at radius 1 is 1.06 bits per heavy atom. The monoisotopic (exact) mass is 426 g/mol. The van der Waals surface area contributed by atoms with Gasteiger partial charge in [-0.3, -0.25) is 14.5 Å². The zero-order valence-electron chi connectivity index (χ0n) is 17.4. The Labute approximate surface area is 182 Å². The third-order valence-electron chi connectivity index (χ3n) is 5.21. The van der Waals surface area contributed by atoms with E-state index in [2.05, 4.69) is 9.98 Å². The number of rotatable bonds is 5. The Bertz CT molecular complexity index is 1480. The summed E-state index contributed by atoms with van der Waals surface area (Å²) in [4.78, 5) is 20.1. The molecule has 5 rings (SSSR count). The van der Waals surface area contributed by atoms with Crippen molar-refractivity contribution in [3.05, 3.63) is 94.1 Å². The molecule has 0 N–H and O–H groups in total. The molecular formula is C24H18N4O4. The van der Waals surface area contributed by atoms with E-state index in [0.717, 1.165) is 16.8 Å². The Morgan fingerprint density at radius 3 is 2.72 bits per heavy atom. The smallest absolute Gasteiger partial charge is 0.272 e. The first-order chi connectivity index (χ1) is 15.5. The van der Waals surface area contributed by atoms with Crippen LogP contribution in [0.1, 0.15) is 16.9 Å². The van der Waals surface area contributed by atoms with Crippen molar-refractivity contribution in [2.45, 2.75) is 13.8 Å². The molecule has 0 unspecified atom stereocenters. The van der Waals surface area contributed by atoms with Crippen LogP contribution in [-0.4, -0.2) is 20.5 Å². The lowest BCUT2D eigenvalue weighted by atomic mass is 10.0. The van der Waals surface area contributed by atoms with E-state index in [-0.39, 0.29) is 10.6 Å². The molecule has 0 spiro atoms. The van der Waals surface area contributed by atoms with E-state index < -0.39 is 0 Å². The van der Waals surface area contributed by atoms with Gasteiger partial charge in [0.15, 0.2) is 17.3 Å². The minimum atomic E-state index is -0.376. The van der Waals surface area contributed by atoms with Crippen molar-refractivity contribution in [2.24, 2.45) is 4.99 Å². The van der Waals surface area contributed by atoms with Gasteiger partial charge in [-0.2, -0.15) is 0 Å². The second kappa shape index (κ2) is 7.66. The molecule has 0 aliphatic carbocycles. The van der Waals surface area contributed by atoms with Gasteiger partial charge in [0.25, 0.3) is 5.69 Å². The van der Waals surface area contributed by atoms with Crippen molar-refractivity contribution < 1.29 is 13.8 Å². The highest BCUT2D eigenvalue weighted by molar-refractivity contribution is 5.83. The van der Waals surface area contributed by atoms with Gasteiger partial charge >= 0.3 is 0 Å². The SMILES string of the molecule is Cc1cc([N+](=O)[O-])c(C)cc1-c1ccc(/C=N/c2c(-c3ccco3)nc3ccccn23)o1. The lowest BCUT2D eigenvalue weighted by molar-refractivity contribution is -0.385. The summed E-state index contributed by atoms with van der Waals surface area (Å²) in [6.07, 6.45) is 5.11. The average molecular weight is 426 g/mol. The summed E-state index contributed by atoms with van der Waals surface area (Å²) in [7, 11) is 0. The summed E-state index contributed by atoms with van der Waals surface area (Å²) in [6.45, 7) is 3.54. The summed E-state index contributed by atoms with van der Waals surface area (Å²) in [5, 5.41) is 11.2. The average Bonchev–Trinajstić information content (AvgIpc) is 3.53. The number of furan rings is 2. The maximum absolute atomic E-state index is 11.2. The van der Waals surface area contributed by atoms with Crippen LogP contribution in [0.5, 0.6) is 0 Å². The first-order valence-electron chi connectivity index (χ1n) is 9.92. The number of aromatic nitrogens is 2. The van der Waals surface area contributed by atoms with Crippen molar-refractivity contribution in [3.63, 3.8) is 0 Å². The normalized spacial score (nSPS) is 11.6. The van der Waals surface area contributed by atoms with Crippen LogP contribution in [0.3, 0.4) is 0 Å². The molecule has 4 heterocycles. The van der Waals surface area contributed by atoms with Crippen molar-refractivity contribution in [3.8, 4) is 22.8 Å². The topological polar surface area (TPSA) is 99.1 Å². The fraction of sp³-hybridized carbons (Fsp3) is 0.0833. The predicted molar refractivity (Wildman–Crippen MR) is 120 cm³/mol. The molecule has 0 bridgehead atoms. The molecule has 0 fully saturated rings. The number of nitro benzene ring substituents is 1. The van der Waals surface area contributed by atoms with Gasteiger partial charge in [0, 0.05) is 23.4 Å². The molecule has 158 valence electrons. The first kappa shape index (κ1) is 19.5. The lowest BCUT2D eigenvalue weighted by Crippen LogP contribution is -1.94. The quantitative estimate of drug-likeness (QED) is 0.191. The molecule has 0 aliphatic rings.